The first-order valence-electron chi connectivity index (χ1n) is 21.5. The first kappa shape index (κ1) is 48.0. The third-order valence-electron chi connectivity index (χ3n) is 11.0. The molecular formula is C54H59ClN6O3S. The van der Waals surface area contributed by atoms with Crippen LogP contribution in [-0.2, 0) is 9.84 Å². The molecule has 0 bridgehead atoms. The number of allylic oxidation sites excluding steroid dienone is 1. The molecule has 8 aromatic rings. The van der Waals surface area contributed by atoms with E-state index in [2.05, 4.69) is 189 Å². The zero-order valence-electron chi connectivity index (χ0n) is 39.0. The zero-order valence-corrected chi connectivity index (χ0v) is 40.6. The largest absolute Gasteiger partial charge is 0.392 e. The molecule has 1 N–H and O–H groups in total. The van der Waals surface area contributed by atoms with Crippen LogP contribution in [-0.4, -0.2) is 66.8 Å². The van der Waals surface area contributed by atoms with Gasteiger partial charge < -0.3 is 23.4 Å². The van der Waals surface area contributed by atoms with Crippen molar-refractivity contribution >= 4 is 32.6 Å². The summed E-state index contributed by atoms with van der Waals surface area (Å²) < 4.78 is 28.0. The predicted octanol–water partition coefficient (Wildman–Crippen LogP) is 11.5. The molecule has 0 aliphatic heterocycles. The number of rotatable bonds is 10. The molecule has 0 radical (unpaired) electrons. The molecule has 0 atom stereocenters. The highest BCUT2D eigenvalue weighted by Gasteiger charge is 2.17. The number of benzene rings is 2. The van der Waals surface area contributed by atoms with Crippen molar-refractivity contribution in [1.82, 2.24) is 28.2 Å². The minimum Gasteiger partial charge on any atom is -0.392 e. The Labute approximate surface area is 389 Å². The van der Waals surface area contributed by atoms with E-state index in [1.807, 2.05) is 30.3 Å². The lowest BCUT2D eigenvalue weighted by Gasteiger charge is -2.17. The van der Waals surface area contributed by atoms with Crippen LogP contribution < -0.4 is 0 Å². The summed E-state index contributed by atoms with van der Waals surface area (Å²) in [5.41, 5.74) is 15.6. The SMILES string of the molecule is CS(C)(=O)=O.Cc1ccc(C)n1-c1cc(/C(=C\CCl)c2ccccc2)cc(-n2c(C)ccc2C)n1.Cc1ccc(C)n1-c1cc(/C(=C\CO)c2ccccc2)cc(-n2c(C)ccc2C)n1. The monoisotopic (exact) mass is 906 g/mol. The molecule has 336 valence electrons. The molecule has 0 aliphatic rings. The van der Waals surface area contributed by atoms with Gasteiger partial charge in [-0.2, -0.15) is 0 Å². The molecule has 11 heteroatoms. The van der Waals surface area contributed by atoms with Gasteiger partial charge in [-0.15, -0.1) is 11.6 Å². The van der Waals surface area contributed by atoms with Crippen LogP contribution >= 0.6 is 11.6 Å². The number of pyridine rings is 2. The molecule has 0 fully saturated rings. The Morgan fingerprint density at radius 1 is 0.462 bits per heavy atom. The minimum atomic E-state index is -2.67. The number of aryl methyl sites for hydroxylation is 8. The van der Waals surface area contributed by atoms with Gasteiger partial charge in [0, 0.05) is 63.9 Å². The zero-order chi connectivity index (χ0) is 47.0. The van der Waals surface area contributed by atoms with Gasteiger partial charge in [-0.1, -0.05) is 72.8 Å². The summed E-state index contributed by atoms with van der Waals surface area (Å²) in [4.78, 5) is 10.1. The molecular weight excluding hydrogens is 848 g/mol. The van der Waals surface area contributed by atoms with Crippen molar-refractivity contribution in [1.29, 1.82) is 0 Å². The third kappa shape index (κ3) is 11.6. The Kier molecular flexibility index (Phi) is 15.5. The molecule has 8 rings (SSSR count). The molecule has 0 spiro atoms. The van der Waals surface area contributed by atoms with E-state index in [0.29, 0.717) is 5.88 Å². The van der Waals surface area contributed by atoms with Gasteiger partial charge in [-0.3, -0.25) is 0 Å². The van der Waals surface area contributed by atoms with Crippen LogP contribution in [0.3, 0.4) is 0 Å². The van der Waals surface area contributed by atoms with E-state index in [1.165, 1.54) is 0 Å². The predicted molar refractivity (Wildman–Crippen MR) is 269 cm³/mol. The number of halogens is 1. The lowest BCUT2D eigenvalue weighted by Crippen LogP contribution is -2.09. The van der Waals surface area contributed by atoms with Crippen LogP contribution in [0, 0.1) is 55.4 Å². The Hall–Kier alpha value is -6.46. The Balaban J connectivity index is 0.000000195. The Morgan fingerprint density at radius 3 is 0.938 bits per heavy atom. The highest BCUT2D eigenvalue weighted by atomic mass is 35.5. The van der Waals surface area contributed by atoms with Crippen molar-refractivity contribution in [2.75, 3.05) is 25.0 Å². The molecule has 0 unspecified atom stereocenters. The van der Waals surface area contributed by atoms with Crippen LogP contribution in [0.15, 0.2) is 146 Å². The summed E-state index contributed by atoms with van der Waals surface area (Å²) in [7, 11) is -2.67. The number of aliphatic hydroxyl groups is 1. The summed E-state index contributed by atoms with van der Waals surface area (Å²) in [6, 6.07) is 46.0. The van der Waals surface area contributed by atoms with Crippen molar-refractivity contribution in [3.8, 4) is 23.3 Å². The van der Waals surface area contributed by atoms with Crippen LogP contribution in [0.2, 0.25) is 0 Å². The minimum absolute atomic E-state index is 0.0274. The van der Waals surface area contributed by atoms with Crippen molar-refractivity contribution < 1.29 is 13.5 Å². The first-order valence-corrected chi connectivity index (χ1v) is 24.3. The number of alkyl halides is 1. The topological polar surface area (TPSA) is 99.9 Å². The Morgan fingerprint density at radius 2 is 0.708 bits per heavy atom. The van der Waals surface area contributed by atoms with Crippen LogP contribution in [0.1, 0.15) is 67.8 Å². The fourth-order valence-corrected chi connectivity index (χ4v) is 8.25. The quantitative estimate of drug-likeness (QED) is 0.138. The third-order valence-corrected chi connectivity index (χ3v) is 11.1. The highest BCUT2D eigenvalue weighted by molar-refractivity contribution is 7.89. The fraction of sp³-hybridized carbons (Fsp3) is 0.222. The van der Waals surface area contributed by atoms with E-state index in [-0.39, 0.29) is 6.61 Å². The maximum Gasteiger partial charge on any atom is 0.144 e. The molecule has 6 aromatic heterocycles. The van der Waals surface area contributed by atoms with Gasteiger partial charge in [0.25, 0.3) is 0 Å². The smallest absolute Gasteiger partial charge is 0.144 e. The maximum absolute atomic E-state index is 9.74. The second-order valence-electron chi connectivity index (χ2n) is 16.4. The van der Waals surface area contributed by atoms with Gasteiger partial charge in [0.05, 0.1) is 6.61 Å². The lowest BCUT2D eigenvalue weighted by molar-refractivity contribution is 0.343. The molecule has 6 heterocycles. The number of sulfone groups is 1. The van der Waals surface area contributed by atoms with Crippen LogP contribution in [0.5, 0.6) is 0 Å². The van der Waals surface area contributed by atoms with E-state index >= 15 is 0 Å². The standard InChI is InChI=1S/C26H26ClN3.C26H27N3O.C2H6O2S/c1-18-10-11-19(2)29(18)25-16-23(24(14-15-27)22-8-6-5-7-9-22)17-26(28-25)30-20(3)12-13-21(30)4;1-18-10-11-19(2)28(18)25-16-23(24(14-15-30)22-8-6-5-7-9-22)17-26(27-25)29-20(3)12-13-21(29)4;1-5(2,3)4/h5-14,16-17H,15H2,1-4H3;5-14,16-17,30H,15H2,1-4H3;1-2H3/b2*24-14-;. The van der Waals surface area contributed by atoms with E-state index in [0.717, 1.165) is 115 Å². The van der Waals surface area contributed by atoms with Gasteiger partial charge in [-0.25, -0.2) is 18.4 Å². The summed E-state index contributed by atoms with van der Waals surface area (Å²) in [6.45, 7) is 16.8. The molecule has 0 saturated heterocycles. The first-order chi connectivity index (χ1) is 31.0. The summed E-state index contributed by atoms with van der Waals surface area (Å²) in [6.07, 6.45) is 6.26. The molecule has 9 nitrogen and oxygen atoms in total. The second-order valence-corrected chi connectivity index (χ2v) is 19.0. The number of aromatic nitrogens is 6. The van der Waals surface area contributed by atoms with Crippen molar-refractivity contribution in [2.45, 2.75) is 55.4 Å². The van der Waals surface area contributed by atoms with E-state index in [4.69, 9.17) is 21.6 Å². The summed E-state index contributed by atoms with van der Waals surface area (Å²) in [5, 5.41) is 9.74. The molecule has 0 saturated carbocycles. The number of hydrogen-bond donors (Lipinski definition) is 1. The second kappa shape index (κ2) is 21.0. The summed E-state index contributed by atoms with van der Waals surface area (Å²) in [5.74, 6) is 4.00. The van der Waals surface area contributed by atoms with Crippen LogP contribution in [0.25, 0.3) is 34.4 Å². The van der Waals surface area contributed by atoms with Gasteiger partial charge in [0.2, 0.25) is 0 Å². The van der Waals surface area contributed by atoms with Crippen LogP contribution in [0.4, 0.5) is 0 Å². The van der Waals surface area contributed by atoms with Gasteiger partial charge in [0.1, 0.15) is 33.1 Å². The number of aliphatic hydroxyl groups excluding tert-OH is 1. The van der Waals surface area contributed by atoms with E-state index in [1.54, 1.807) is 0 Å². The number of nitrogens with zero attached hydrogens (tertiary/aromatic N) is 6. The highest BCUT2D eigenvalue weighted by Crippen LogP contribution is 2.31. The number of hydrogen-bond acceptors (Lipinski definition) is 5. The fourth-order valence-electron chi connectivity index (χ4n) is 8.10. The van der Waals surface area contributed by atoms with E-state index in [9.17, 15) is 13.5 Å². The van der Waals surface area contributed by atoms with Gasteiger partial charge in [0.15, 0.2) is 0 Å². The maximum atomic E-state index is 9.74. The average molecular weight is 908 g/mol. The average Bonchev–Trinajstić information content (AvgIpc) is 4.01. The normalized spacial score (nSPS) is 11.8. The molecule has 2 aromatic carbocycles. The summed E-state index contributed by atoms with van der Waals surface area (Å²) >= 11 is 6.17. The lowest BCUT2D eigenvalue weighted by atomic mass is 9.98. The van der Waals surface area contributed by atoms with Gasteiger partial charge in [-0.05, 0) is 162 Å². The van der Waals surface area contributed by atoms with Gasteiger partial charge >= 0.3 is 0 Å². The van der Waals surface area contributed by atoms with Crippen molar-refractivity contribution in [3.05, 3.63) is 213 Å². The molecule has 65 heavy (non-hydrogen) atoms. The molecule has 0 amide bonds. The van der Waals surface area contributed by atoms with E-state index < -0.39 is 9.84 Å². The van der Waals surface area contributed by atoms with Crippen molar-refractivity contribution in [2.24, 2.45) is 0 Å². The van der Waals surface area contributed by atoms with Crippen molar-refractivity contribution in [3.63, 3.8) is 0 Å². The molecule has 0 aliphatic carbocycles. The Bertz CT molecular complexity index is 2670.